The molecule has 11 nitrogen and oxygen atoms in total. The molecule has 17 heteroatoms. The summed E-state index contributed by atoms with van der Waals surface area (Å²) in [7, 11) is -2.38. The van der Waals surface area contributed by atoms with E-state index in [-0.39, 0.29) is 28.4 Å². The number of rotatable bonds is 10. The molecule has 4 rings (SSSR count). The minimum absolute atomic E-state index is 0.0869. The van der Waals surface area contributed by atoms with Crippen molar-refractivity contribution in [3.05, 3.63) is 70.1 Å². The lowest BCUT2D eigenvalue weighted by molar-refractivity contribution is -0.192. The second-order valence-electron chi connectivity index (χ2n) is 9.11. The molecular formula is C26H27ClF3N5O6S2. The molecule has 43 heavy (non-hydrogen) atoms. The monoisotopic (exact) mass is 661 g/mol. The van der Waals surface area contributed by atoms with Crippen LogP contribution in [0.3, 0.4) is 0 Å². The van der Waals surface area contributed by atoms with Gasteiger partial charge < -0.3 is 20.9 Å². The first-order valence-corrected chi connectivity index (χ1v) is 15.0. The van der Waals surface area contributed by atoms with E-state index in [1.165, 1.54) is 19.2 Å². The largest absolute Gasteiger partial charge is 0.496 e. The summed E-state index contributed by atoms with van der Waals surface area (Å²) in [5, 5.41) is 15.1. The Morgan fingerprint density at radius 1 is 1.16 bits per heavy atom. The van der Waals surface area contributed by atoms with Crippen LogP contribution in [-0.2, 0) is 32.7 Å². The molecule has 0 spiro atoms. The highest BCUT2D eigenvalue weighted by Gasteiger charge is 2.38. The lowest BCUT2D eigenvalue weighted by Crippen LogP contribution is -2.29. The number of aromatic nitrogens is 2. The van der Waals surface area contributed by atoms with E-state index < -0.39 is 22.2 Å². The summed E-state index contributed by atoms with van der Waals surface area (Å²) in [6, 6.07) is 15.9. The number of carboxylic acid groups (broad SMARTS) is 1. The Morgan fingerprint density at radius 3 is 2.40 bits per heavy atom. The average Bonchev–Trinajstić information content (AvgIpc) is 3.51. The molecule has 1 atom stereocenters. The lowest BCUT2D eigenvalue weighted by atomic mass is 10.1. The second-order valence-corrected chi connectivity index (χ2v) is 12.7. The zero-order chi connectivity index (χ0) is 31.9. The van der Waals surface area contributed by atoms with Gasteiger partial charge in [-0.15, -0.1) is 11.3 Å². The van der Waals surface area contributed by atoms with Gasteiger partial charge in [-0.2, -0.15) is 18.3 Å². The summed E-state index contributed by atoms with van der Waals surface area (Å²) in [5.74, 6) is -2.21. The predicted molar refractivity (Wildman–Crippen MR) is 156 cm³/mol. The highest BCUT2D eigenvalue weighted by Crippen LogP contribution is 2.35. The van der Waals surface area contributed by atoms with E-state index in [1.54, 1.807) is 17.7 Å². The number of hydrogen-bond acceptors (Lipinski definition) is 8. The number of carboxylic acids is 1. The van der Waals surface area contributed by atoms with Crippen molar-refractivity contribution < 1.29 is 41.0 Å². The number of halogens is 4. The molecule has 0 aliphatic heterocycles. The maximum Gasteiger partial charge on any atom is 0.490 e. The summed E-state index contributed by atoms with van der Waals surface area (Å²) >= 11 is 6.90. The molecule has 0 saturated carbocycles. The molecule has 2 aromatic heterocycles. The molecule has 232 valence electrons. The van der Waals surface area contributed by atoms with Crippen LogP contribution in [0, 0.1) is 0 Å². The van der Waals surface area contributed by atoms with E-state index in [9.17, 15) is 26.4 Å². The number of aliphatic carboxylic acids is 1. The fraction of sp³-hybridized carbons (Fsp3) is 0.269. The fourth-order valence-corrected chi connectivity index (χ4v) is 6.25. The van der Waals surface area contributed by atoms with E-state index >= 15 is 0 Å². The number of benzene rings is 2. The number of carbonyl (C=O) groups excluding carboxylic acids is 1. The molecule has 0 bridgehead atoms. The van der Waals surface area contributed by atoms with Crippen LogP contribution in [0.4, 0.5) is 19.0 Å². The Bertz CT molecular complexity index is 1710. The molecule has 5 N–H and O–H groups in total. The number of fused-ring (bicyclic) bond motifs is 1. The number of alkyl halides is 3. The lowest BCUT2D eigenvalue weighted by Gasteiger charge is -2.09. The number of ether oxygens (including phenoxy) is 1. The van der Waals surface area contributed by atoms with Crippen LogP contribution in [0.5, 0.6) is 5.75 Å². The number of anilines is 1. The van der Waals surface area contributed by atoms with Crippen LogP contribution in [0.15, 0.2) is 58.8 Å². The normalized spacial score (nSPS) is 12.3. The number of sulfonamides is 1. The minimum Gasteiger partial charge on any atom is -0.496 e. The summed E-state index contributed by atoms with van der Waals surface area (Å²) in [6.45, 7) is 2.53. The molecule has 0 radical (unpaired) electrons. The van der Waals surface area contributed by atoms with Crippen LogP contribution in [0.2, 0.25) is 4.34 Å². The van der Waals surface area contributed by atoms with Crippen molar-refractivity contribution in [2.24, 2.45) is 5.73 Å². The van der Waals surface area contributed by atoms with Crippen molar-refractivity contribution in [2.75, 3.05) is 11.8 Å². The predicted octanol–water partition coefficient (Wildman–Crippen LogP) is 4.60. The Labute approximate surface area is 253 Å². The quantitative estimate of drug-likeness (QED) is 0.191. The van der Waals surface area contributed by atoms with Crippen molar-refractivity contribution in [1.29, 1.82) is 0 Å². The average molecular weight is 662 g/mol. The Hall–Kier alpha value is -3.86. The molecule has 0 fully saturated rings. The Balaban J connectivity index is 0.000000646. The zero-order valence-corrected chi connectivity index (χ0v) is 25.1. The zero-order valence-electron chi connectivity index (χ0n) is 22.7. The van der Waals surface area contributed by atoms with Crippen LogP contribution >= 0.6 is 22.9 Å². The minimum atomic E-state index is -5.08. The van der Waals surface area contributed by atoms with Gasteiger partial charge in [0.2, 0.25) is 5.91 Å². The Kier molecular flexibility index (Phi) is 11.0. The first-order valence-electron chi connectivity index (χ1n) is 12.3. The van der Waals surface area contributed by atoms with Gasteiger partial charge in [-0.25, -0.2) is 13.2 Å². The first kappa shape index (κ1) is 33.6. The number of carbonyl (C=O) groups is 2. The first-order chi connectivity index (χ1) is 20.1. The fourth-order valence-electron chi connectivity index (χ4n) is 3.76. The molecule has 4 aromatic rings. The summed E-state index contributed by atoms with van der Waals surface area (Å²) < 4.78 is 67.9. The van der Waals surface area contributed by atoms with Crippen molar-refractivity contribution in [3.63, 3.8) is 0 Å². The van der Waals surface area contributed by atoms with E-state index in [0.29, 0.717) is 34.1 Å². The molecule has 1 amide bonds. The van der Waals surface area contributed by atoms with Gasteiger partial charge in [0.1, 0.15) is 9.96 Å². The number of nitrogens with two attached hydrogens (primary N) is 1. The van der Waals surface area contributed by atoms with Crippen LogP contribution in [0.25, 0.3) is 10.9 Å². The highest BCUT2D eigenvalue weighted by molar-refractivity contribution is 7.94. The van der Waals surface area contributed by atoms with Crippen LogP contribution in [0.1, 0.15) is 24.5 Å². The van der Waals surface area contributed by atoms with Crippen molar-refractivity contribution in [1.82, 2.24) is 15.1 Å². The third-order valence-electron chi connectivity index (χ3n) is 5.57. The molecule has 0 aliphatic rings. The standard InChI is InChI=1S/C24H26ClN5O4S2.C2HF3O2/c1-15(26)11-21(31)27-13-16-5-3-6-17(12-16)14-30-18-7-4-8-19(34-2)23(18)24(28-30)29-36(32,33)22-10-9-20(25)35-22;3-2(4,5)1(6)7/h3-10,12,15H,11,13-14,26H2,1-2H3,(H,27,31)(H,28,29);(H,6,7). The van der Waals surface area contributed by atoms with Gasteiger partial charge in [0.05, 0.1) is 28.9 Å². The number of methoxy groups -OCH3 is 1. The van der Waals surface area contributed by atoms with E-state index in [0.717, 1.165) is 22.5 Å². The number of thiophene rings is 1. The maximum absolute atomic E-state index is 13.0. The van der Waals surface area contributed by atoms with Crippen molar-refractivity contribution in [2.45, 2.75) is 42.9 Å². The number of amides is 1. The molecular weight excluding hydrogens is 635 g/mol. The van der Waals surface area contributed by atoms with Gasteiger partial charge in [0.15, 0.2) is 5.82 Å². The molecule has 2 heterocycles. The summed E-state index contributed by atoms with van der Waals surface area (Å²) in [6.07, 6.45) is -4.82. The van der Waals surface area contributed by atoms with Crippen LogP contribution in [-0.4, -0.2) is 54.5 Å². The summed E-state index contributed by atoms with van der Waals surface area (Å²) in [5.41, 5.74) is 8.24. The highest BCUT2D eigenvalue weighted by atomic mass is 35.5. The van der Waals surface area contributed by atoms with E-state index in [4.69, 9.17) is 32.0 Å². The Morgan fingerprint density at radius 2 is 1.81 bits per heavy atom. The third kappa shape index (κ3) is 9.31. The van der Waals surface area contributed by atoms with Crippen molar-refractivity contribution >= 4 is 61.6 Å². The summed E-state index contributed by atoms with van der Waals surface area (Å²) in [4.78, 5) is 20.8. The van der Waals surface area contributed by atoms with E-state index in [2.05, 4.69) is 15.1 Å². The van der Waals surface area contributed by atoms with Gasteiger partial charge in [-0.1, -0.05) is 41.9 Å². The topological polar surface area (TPSA) is 166 Å². The van der Waals surface area contributed by atoms with Gasteiger partial charge in [0, 0.05) is 19.0 Å². The SMILES string of the molecule is COc1cccc2c1c(NS(=O)(=O)c1ccc(Cl)s1)nn2Cc1cccc(CNC(=O)CC(C)N)c1.O=C(O)C(F)(F)F. The van der Waals surface area contributed by atoms with Gasteiger partial charge >= 0.3 is 12.1 Å². The molecule has 0 saturated heterocycles. The second kappa shape index (κ2) is 14.1. The molecule has 0 aliphatic carbocycles. The molecule has 1 unspecified atom stereocenters. The molecule has 2 aromatic carbocycles. The van der Waals surface area contributed by atoms with E-state index in [1.807, 2.05) is 36.4 Å². The van der Waals surface area contributed by atoms with Gasteiger partial charge in [-0.3, -0.25) is 14.2 Å². The maximum atomic E-state index is 13.0. The smallest absolute Gasteiger partial charge is 0.490 e. The van der Waals surface area contributed by atoms with Gasteiger partial charge in [0.25, 0.3) is 10.0 Å². The number of nitrogens with zero attached hydrogens (tertiary/aromatic N) is 2. The van der Waals surface area contributed by atoms with Crippen LogP contribution < -0.4 is 20.5 Å². The third-order valence-corrected chi connectivity index (χ3v) is 8.63. The van der Waals surface area contributed by atoms with Crippen molar-refractivity contribution in [3.8, 4) is 5.75 Å². The number of hydrogen-bond donors (Lipinski definition) is 4. The van der Waals surface area contributed by atoms with Gasteiger partial charge in [-0.05, 0) is 42.3 Å². The number of nitrogens with one attached hydrogen (secondary N) is 2.